The summed E-state index contributed by atoms with van der Waals surface area (Å²) in [5, 5.41) is 8.16. The van der Waals surface area contributed by atoms with E-state index >= 15 is 0 Å². The van der Waals surface area contributed by atoms with Crippen LogP contribution in [0.3, 0.4) is 0 Å². The smallest absolute Gasteiger partial charge is 0.0767 e. The van der Waals surface area contributed by atoms with Gasteiger partial charge in [-0.15, -0.1) is 0 Å². The topological polar surface area (TPSA) is 29.9 Å². The van der Waals surface area contributed by atoms with Gasteiger partial charge in [0, 0.05) is 13.6 Å². The molecule has 0 saturated heterocycles. The lowest BCUT2D eigenvalue weighted by atomic mass is 9.82. The molecule has 1 aliphatic carbocycles. The molecule has 2 atom stereocenters. The average molecular weight is 328 g/mol. The van der Waals surface area contributed by atoms with E-state index in [1.165, 1.54) is 35.8 Å². The molecule has 0 spiro atoms. The third kappa shape index (κ3) is 3.82. The number of aryl methyl sites for hydroxylation is 2. The third-order valence-corrected chi connectivity index (χ3v) is 5.19. The Balaban J connectivity index is 1.84. The molecule has 1 saturated carbocycles. The van der Waals surface area contributed by atoms with Crippen molar-refractivity contribution < 1.29 is 0 Å². The van der Waals surface area contributed by atoms with Gasteiger partial charge in [-0.3, -0.25) is 4.68 Å². The second-order valence-corrected chi connectivity index (χ2v) is 6.75. The molecule has 0 bridgehead atoms. The molecule has 3 nitrogen and oxygen atoms in total. The maximum Gasteiger partial charge on any atom is 0.0767 e. The van der Waals surface area contributed by atoms with E-state index in [1.54, 1.807) is 0 Å². The summed E-state index contributed by atoms with van der Waals surface area (Å²) >= 11 is 3.67. The summed E-state index contributed by atoms with van der Waals surface area (Å²) in [6, 6.07) is 0. The molecular formula is C15H26BrN3. The van der Waals surface area contributed by atoms with Crippen LogP contribution in [-0.4, -0.2) is 16.3 Å². The van der Waals surface area contributed by atoms with Crippen molar-refractivity contribution in [1.82, 2.24) is 15.1 Å². The minimum Gasteiger partial charge on any atom is -0.311 e. The Morgan fingerprint density at radius 3 is 2.84 bits per heavy atom. The monoisotopic (exact) mass is 327 g/mol. The van der Waals surface area contributed by atoms with E-state index in [1.807, 2.05) is 11.7 Å². The Labute approximate surface area is 125 Å². The highest BCUT2D eigenvalue weighted by atomic mass is 79.9. The molecule has 19 heavy (non-hydrogen) atoms. The summed E-state index contributed by atoms with van der Waals surface area (Å²) in [5.74, 6) is 1.78. The van der Waals surface area contributed by atoms with Gasteiger partial charge < -0.3 is 5.32 Å². The van der Waals surface area contributed by atoms with Gasteiger partial charge in [0.1, 0.15) is 0 Å². The second kappa shape index (κ2) is 6.89. The Kier molecular flexibility index (Phi) is 5.46. The van der Waals surface area contributed by atoms with Crippen molar-refractivity contribution in [1.29, 1.82) is 0 Å². The molecule has 108 valence electrons. The van der Waals surface area contributed by atoms with Gasteiger partial charge in [0.15, 0.2) is 0 Å². The van der Waals surface area contributed by atoms with Crippen LogP contribution in [0.15, 0.2) is 4.47 Å². The SMILES string of the molecule is CCc1nn(C)c(CNCC2CCCC(C)C2)c1Br. The van der Waals surface area contributed by atoms with Crippen molar-refractivity contribution in [3.05, 3.63) is 15.9 Å². The third-order valence-electron chi connectivity index (χ3n) is 4.27. The van der Waals surface area contributed by atoms with Crippen LogP contribution in [0, 0.1) is 11.8 Å². The Morgan fingerprint density at radius 2 is 2.21 bits per heavy atom. The van der Waals surface area contributed by atoms with E-state index in [9.17, 15) is 0 Å². The van der Waals surface area contributed by atoms with Crippen LogP contribution in [-0.2, 0) is 20.0 Å². The number of nitrogens with zero attached hydrogens (tertiary/aromatic N) is 2. The molecule has 1 aliphatic rings. The Bertz CT molecular complexity index is 414. The van der Waals surface area contributed by atoms with E-state index in [-0.39, 0.29) is 0 Å². The normalized spacial score (nSPS) is 23.8. The summed E-state index contributed by atoms with van der Waals surface area (Å²) < 4.78 is 3.18. The van der Waals surface area contributed by atoms with Crippen LogP contribution in [0.5, 0.6) is 0 Å². The zero-order valence-corrected chi connectivity index (χ0v) is 14.0. The fourth-order valence-electron chi connectivity index (χ4n) is 3.15. The second-order valence-electron chi connectivity index (χ2n) is 5.95. The lowest BCUT2D eigenvalue weighted by molar-refractivity contribution is 0.273. The summed E-state index contributed by atoms with van der Waals surface area (Å²) in [6.45, 7) is 6.59. The molecule has 1 N–H and O–H groups in total. The van der Waals surface area contributed by atoms with Crippen molar-refractivity contribution in [3.63, 3.8) is 0 Å². The van der Waals surface area contributed by atoms with E-state index in [0.29, 0.717) is 0 Å². The van der Waals surface area contributed by atoms with Gasteiger partial charge in [-0.25, -0.2) is 0 Å². The first-order chi connectivity index (χ1) is 9.11. The molecule has 0 aliphatic heterocycles. The fourth-order valence-corrected chi connectivity index (χ4v) is 3.91. The molecule has 0 amide bonds. The number of halogens is 1. The van der Waals surface area contributed by atoms with Crippen LogP contribution in [0.4, 0.5) is 0 Å². The van der Waals surface area contributed by atoms with Crippen molar-refractivity contribution in [2.45, 2.75) is 52.5 Å². The van der Waals surface area contributed by atoms with Gasteiger partial charge in [-0.1, -0.05) is 26.7 Å². The van der Waals surface area contributed by atoms with Crippen LogP contribution >= 0.6 is 15.9 Å². The summed E-state index contributed by atoms with van der Waals surface area (Å²) in [6.07, 6.45) is 6.59. The van der Waals surface area contributed by atoms with Gasteiger partial charge >= 0.3 is 0 Å². The van der Waals surface area contributed by atoms with Gasteiger partial charge in [0.2, 0.25) is 0 Å². The first-order valence-electron chi connectivity index (χ1n) is 7.52. The Hall–Kier alpha value is -0.350. The van der Waals surface area contributed by atoms with Crippen LogP contribution in [0.1, 0.15) is 50.9 Å². The zero-order chi connectivity index (χ0) is 13.8. The van der Waals surface area contributed by atoms with Gasteiger partial charge in [-0.2, -0.15) is 5.10 Å². The predicted octanol–water partition coefficient (Wildman–Crippen LogP) is 3.66. The average Bonchev–Trinajstić information content (AvgIpc) is 2.66. The number of aromatic nitrogens is 2. The molecule has 0 aromatic carbocycles. The molecule has 4 heteroatoms. The zero-order valence-electron chi connectivity index (χ0n) is 12.4. The first kappa shape index (κ1) is 15.0. The molecule has 1 heterocycles. The molecule has 1 aromatic heterocycles. The van der Waals surface area contributed by atoms with Crippen molar-refractivity contribution in [3.8, 4) is 0 Å². The molecule has 0 radical (unpaired) electrons. The first-order valence-corrected chi connectivity index (χ1v) is 8.32. The summed E-state index contributed by atoms with van der Waals surface area (Å²) in [5.41, 5.74) is 2.42. The van der Waals surface area contributed by atoms with E-state index in [4.69, 9.17) is 0 Å². The van der Waals surface area contributed by atoms with Gasteiger partial charge in [-0.05, 0) is 53.6 Å². The van der Waals surface area contributed by atoms with Crippen molar-refractivity contribution in [2.75, 3.05) is 6.54 Å². The molecule has 2 unspecified atom stereocenters. The Morgan fingerprint density at radius 1 is 1.42 bits per heavy atom. The number of rotatable bonds is 5. The highest BCUT2D eigenvalue weighted by Crippen LogP contribution is 2.28. The maximum absolute atomic E-state index is 4.54. The lowest BCUT2D eigenvalue weighted by Gasteiger charge is -2.26. The fraction of sp³-hybridized carbons (Fsp3) is 0.800. The highest BCUT2D eigenvalue weighted by Gasteiger charge is 2.19. The van der Waals surface area contributed by atoms with Crippen molar-refractivity contribution in [2.24, 2.45) is 18.9 Å². The maximum atomic E-state index is 4.54. The molecule has 2 rings (SSSR count). The van der Waals surface area contributed by atoms with Gasteiger partial charge in [0.25, 0.3) is 0 Å². The van der Waals surface area contributed by atoms with Crippen LogP contribution in [0.25, 0.3) is 0 Å². The lowest BCUT2D eigenvalue weighted by Crippen LogP contribution is -2.27. The van der Waals surface area contributed by atoms with E-state index in [0.717, 1.165) is 37.0 Å². The highest BCUT2D eigenvalue weighted by molar-refractivity contribution is 9.10. The molecular weight excluding hydrogens is 302 g/mol. The number of hydrogen-bond donors (Lipinski definition) is 1. The molecule has 1 aromatic rings. The minimum absolute atomic E-state index is 0.862. The summed E-state index contributed by atoms with van der Waals surface area (Å²) in [4.78, 5) is 0. The van der Waals surface area contributed by atoms with E-state index in [2.05, 4.69) is 40.2 Å². The van der Waals surface area contributed by atoms with Crippen LogP contribution in [0.2, 0.25) is 0 Å². The quantitative estimate of drug-likeness (QED) is 0.894. The predicted molar refractivity (Wildman–Crippen MR) is 83.1 cm³/mol. The number of nitrogens with one attached hydrogen (secondary N) is 1. The van der Waals surface area contributed by atoms with Crippen molar-refractivity contribution >= 4 is 15.9 Å². The summed E-state index contributed by atoms with van der Waals surface area (Å²) in [7, 11) is 2.03. The standard InChI is InChI=1S/C15H26BrN3/c1-4-13-15(16)14(19(3)18-13)10-17-9-12-7-5-6-11(2)8-12/h11-12,17H,4-10H2,1-3H3. The minimum atomic E-state index is 0.862. The van der Waals surface area contributed by atoms with E-state index < -0.39 is 0 Å². The molecule has 1 fully saturated rings. The van der Waals surface area contributed by atoms with Gasteiger partial charge in [0.05, 0.1) is 15.9 Å². The largest absolute Gasteiger partial charge is 0.311 e. The van der Waals surface area contributed by atoms with Crippen LogP contribution < -0.4 is 5.32 Å². The number of hydrogen-bond acceptors (Lipinski definition) is 2.